The van der Waals surface area contributed by atoms with Crippen molar-refractivity contribution >= 4 is 29.1 Å². The van der Waals surface area contributed by atoms with E-state index in [-0.39, 0.29) is 6.54 Å². The van der Waals surface area contributed by atoms with Crippen molar-refractivity contribution in [2.24, 2.45) is 0 Å². The van der Waals surface area contributed by atoms with E-state index in [2.05, 4.69) is 17.2 Å². The molecule has 1 aromatic carbocycles. The Kier molecular flexibility index (Phi) is 4.72. The van der Waals surface area contributed by atoms with Gasteiger partial charge in [-0.05, 0) is 24.6 Å². The molecule has 0 bridgehead atoms. The van der Waals surface area contributed by atoms with Gasteiger partial charge in [-0.2, -0.15) is 0 Å². The van der Waals surface area contributed by atoms with Crippen LogP contribution in [0.2, 0.25) is 5.02 Å². The first-order chi connectivity index (χ1) is 8.06. The number of amides is 2. The predicted molar refractivity (Wildman–Crippen MR) is 68.0 cm³/mol. The average molecular weight is 253 g/mol. The maximum atomic E-state index is 11.5. The quantitative estimate of drug-likeness (QED) is 0.638. The smallest absolute Gasteiger partial charge is 0.313 e. The number of anilines is 1. The van der Waals surface area contributed by atoms with Crippen LogP contribution in [-0.4, -0.2) is 18.4 Å². The van der Waals surface area contributed by atoms with Gasteiger partial charge in [0.2, 0.25) is 0 Å². The molecule has 1 rings (SSSR count). The van der Waals surface area contributed by atoms with Gasteiger partial charge in [0.15, 0.2) is 0 Å². The summed E-state index contributed by atoms with van der Waals surface area (Å²) in [4.78, 5) is 22.8. The highest BCUT2D eigenvalue weighted by Gasteiger charge is 2.13. The molecule has 1 aromatic rings. The number of hydrogen-bond donors (Lipinski definition) is 2. The molecular formula is C12H13ClN2O2. The van der Waals surface area contributed by atoms with Crippen LogP contribution < -0.4 is 10.6 Å². The second-order valence-electron chi connectivity index (χ2n) is 3.37. The van der Waals surface area contributed by atoms with E-state index in [1.807, 2.05) is 0 Å². The molecule has 0 heterocycles. The Morgan fingerprint density at radius 1 is 1.41 bits per heavy atom. The first-order valence-corrected chi connectivity index (χ1v) is 5.39. The summed E-state index contributed by atoms with van der Waals surface area (Å²) in [7, 11) is 0. The van der Waals surface area contributed by atoms with Gasteiger partial charge in [-0.25, -0.2) is 0 Å². The average Bonchev–Trinajstić information content (AvgIpc) is 2.31. The van der Waals surface area contributed by atoms with Gasteiger partial charge < -0.3 is 10.6 Å². The van der Waals surface area contributed by atoms with E-state index in [9.17, 15) is 9.59 Å². The first-order valence-electron chi connectivity index (χ1n) is 5.01. The van der Waals surface area contributed by atoms with Crippen LogP contribution >= 0.6 is 11.6 Å². The number of carbonyl (C=O) groups excluding carboxylic acids is 2. The Morgan fingerprint density at radius 2 is 2.12 bits per heavy atom. The second-order valence-corrected chi connectivity index (χ2v) is 3.77. The third kappa shape index (κ3) is 3.60. The summed E-state index contributed by atoms with van der Waals surface area (Å²) < 4.78 is 0. The Morgan fingerprint density at radius 3 is 2.76 bits per heavy atom. The lowest BCUT2D eigenvalue weighted by Crippen LogP contribution is -2.35. The zero-order valence-corrected chi connectivity index (χ0v) is 10.2. The minimum Gasteiger partial charge on any atom is -0.344 e. The molecule has 0 aliphatic rings. The van der Waals surface area contributed by atoms with Gasteiger partial charge in [-0.3, -0.25) is 9.59 Å². The largest absolute Gasteiger partial charge is 0.344 e. The zero-order valence-electron chi connectivity index (χ0n) is 9.42. The molecule has 2 N–H and O–H groups in total. The molecule has 0 saturated carbocycles. The van der Waals surface area contributed by atoms with Gasteiger partial charge in [-0.15, -0.1) is 6.58 Å². The number of hydrogen-bond acceptors (Lipinski definition) is 2. The molecular weight excluding hydrogens is 240 g/mol. The molecule has 0 atom stereocenters. The van der Waals surface area contributed by atoms with Crippen LogP contribution in [-0.2, 0) is 9.59 Å². The van der Waals surface area contributed by atoms with Crippen molar-refractivity contribution < 1.29 is 9.59 Å². The molecule has 0 saturated heterocycles. The van der Waals surface area contributed by atoms with Crippen LogP contribution in [0.4, 0.5) is 5.69 Å². The van der Waals surface area contributed by atoms with Crippen molar-refractivity contribution in [3.63, 3.8) is 0 Å². The summed E-state index contributed by atoms with van der Waals surface area (Å²) >= 11 is 5.90. The van der Waals surface area contributed by atoms with Gasteiger partial charge in [0.25, 0.3) is 0 Å². The van der Waals surface area contributed by atoms with E-state index < -0.39 is 11.8 Å². The lowest BCUT2D eigenvalue weighted by molar-refractivity contribution is -0.136. The van der Waals surface area contributed by atoms with Gasteiger partial charge in [0.05, 0.1) is 0 Å². The Balaban J connectivity index is 2.71. The molecule has 4 nitrogen and oxygen atoms in total. The van der Waals surface area contributed by atoms with Crippen molar-refractivity contribution in [1.29, 1.82) is 0 Å². The third-order valence-electron chi connectivity index (χ3n) is 2.13. The predicted octanol–water partition coefficient (Wildman–Crippen LogP) is 1.89. The van der Waals surface area contributed by atoms with Gasteiger partial charge in [0, 0.05) is 17.3 Å². The number of rotatable bonds is 3. The highest BCUT2D eigenvalue weighted by molar-refractivity contribution is 6.40. The topological polar surface area (TPSA) is 58.2 Å². The summed E-state index contributed by atoms with van der Waals surface area (Å²) in [5, 5.41) is 5.41. The van der Waals surface area contributed by atoms with Crippen LogP contribution in [0, 0.1) is 6.92 Å². The maximum Gasteiger partial charge on any atom is 0.313 e. The number of carbonyl (C=O) groups is 2. The Bertz CT molecular complexity index is 458. The molecule has 0 spiro atoms. The Hall–Kier alpha value is -1.81. The minimum atomic E-state index is -0.725. The van der Waals surface area contributed by atoms with E-state index in [0.717, 1.165) is 5.56 Å². The fourth-order valence-electron chi connectivity index (χ4n) is 1.17. The molecule has 0 radical (unpaired) electrons. The Labute approximate surface area is 105 Å². The lowest BCUT2D eigenvalue weighted by atomic mass is 10.2. The molecule has 0 unspecified atom stereocenters. The maximum absolute atomic E-state index is 11.5. The fraction of sp³-hybridized carbons (Fsp3) is 0.167. The molecule has 2 amide bonds. The van der Waals surface area contributed by atoms with E-state index in [0.29, 0.717) is 10.7 Å². The SMILES string of the molecule is C=CCNC(=O)C(=O)Nc1cccc(Cl)c1C. The fourth-order valence-corrected chi connectivity index (χ4v) is 1.34. The summed E-state index contributed by atoms with van der Waals surface area (Å²) in [5.41, 5.74) is 1.25. The van der Waals surface area contributed by atoms with Crippen molar-refractivity contribution in [2.45, 2.75) is 6.92 Å². The number of halogens is 1. The van der Waals surface area contributed by atoms with Gasteiger partial charge >= 0.3 is 11.8 Å². The summed E-state index contributed by atoms with van der Waals surface area (Å²) in [6, 6.07) is 5.09. The molecule has 0 aromatic heterocycles. The van der Waals surface area contributed by atoms with Gasteiger partial charge in [-0.1, -0.05) is 23.7 Å². The van der Waals surface area contributed by atoms with Crippen molar-refractivity contribution in [1.82, 2.24) is 5.32 Å². The molecule has 90 valence electrons. The molecule has 5 heteroatoms. The summed E-state index contributed by atoms with van der Waals surface area (Å²) in [6.45, 7) is 5.45. The highest BCUT2D eigenvalue weighted by Crippen LogP contribution is 2.22. The minimum absolute atomic E-state index is 0.251. The molecule has 0 aliphatic carbocycles. The van der Waals surface area contributed by atoms with Crippen molar-refractivity contribution in [3.05, 3.63) is 41.4 Å². The van der Waals surface area contributed by atoms with Crippen LogP contribution in [0.5, 0.6) is 0 Å². The van der Waals surface area contributed by atoms with Crippen molar-refractivity contribution in [3.8, 4) is 0 Å². The summed E-state index contributed by atoms with van der Waals surface area (Å²) in [5.74, 6) is -1.43. The van der Waals surface area contributed by atoms with E-state index in [1.165, 1.54) is 6.08 Å². The van der Waals surface area contributed by atoms with Crippen LogP contribution in [0.1, 0.15) is 5.56 Å². The van der Waals surface area contributed by atoms with Crippen LogP contribution in [0.15, 0.2) is 30.9 Å². The van der Waals surface area contributed by atoms with E-state index >= 15 is 0 Å². The van der Waals surface area contributed by atoms with Gasteiger partial charge in [0.1, 0.15) is 0 Å². The number of nitrogens with one attached hydrogen (secondary N) is 2. The van der Waals surface area contributed by atoms with E-state index in [4.69, 9.17) is 11.6 Å². The standard InChI is InChI=1S/C12H13ClN2O2/c1-3-7-14-11(16)12(17)15-10-6-4-5-9(13)8(10)2/h3-6H,1,7H2,2H3,(H,14,16)(H,15,17). The zero-order chi connectivity index (χ0) is 12.8. The number of benzene rings is 1. The normalized spacial score (nSPS) is 9.53. The van der Waals surface area contributed by atoms with Crippen LogP contribution in [0.25, 0.3) is 0 Å². The first kappa shape index (κ1) is 13.3. The third-order valence-corrected chi connectivity index (χ3v) is 2.54. The molecule has 0 fully saturated rings. The van der Waals surface area contributed by atoms with Crippen molar-refractivity contribution in [2.75, 3.05) is 11.9 Å². The second kappa shape index (κ2) is 6.06. The van der Waals surface area contributed by atoms with Crippen LogP contribution in [0.3, 0.4) is 0 Å². The highest BCUT2D eigenvalue weighted by atomic mass is 35.5. The van der Waals surface area contributed by atoms with E-state index in [1.54, 1.807) is 25.1 Å². The lowest BCUT2D eigenvalue weighted by Gasteiger charge is -2.08. The molecule has 0 aliphatic heterocycles. The monoisotopic (exact) mass is 252 g/mol. The summed E-state index contributed by atoms with van der Waals surface area (Å²) in [6.07, 6.45) is 1.50. The molecule has 17 heavy (non-hydrogen) atoms.